The summed E-state index contributed by atoms with van der Waals surface area (Å²) < 4.78 is 10.2. The van der Waals surface area contributed by atoms with Gasteiger partial charge in [0.25, 0.3) is 5.91 Å². The minimum absolute atomic E-state index is 0.124. The van der Waals surface area contributed by atoms with E-state index in [9.17, 15) is 9.59 Å². The van der Waals surface area contributed by atoms with Crippen LogP contribution in [0.5, 0.6) is 0 Å². The van der Waals surface area contributed by atoms with Crippen LogP contribution in [0.25, 0.3) is 10.9 Å². The molecule has 3 amide bonds. The van der Waals surface area contributed by atoms with E-state index in [0.717, 1.165) is 26.3 Å². The van der Waals surface area contributed by atoms with Gasteiger partial charge in [-0.1, -0.05) is 35.9 Å². The number of H-pyrrole nitrogens is 1. The molecule has 0 saturated heterocycles. The minimum atomic E-state index is -0.319. The van der Waals surface area contributed by atoms with Crippen molar-refractivity contribution in [3.8, 4) is 11.8 Å². The maximum atomic E-state index is 12.2. The largest absolute Gasteiger partial charge is 0.382 e. The number of carbonyl (C=O) groups excluding carboxylic acids is 2. The molecule has 0 saturated carbocycles. The van der Waals surface area contributed by atoms with Crippen molar-refractivity contribution in [1.29, 1.82) is 0 Å². The lowest BCUT2D eigenvalue weighted by atomic mass is 10.1. The normalized spacial score (nSPS) is 10.5. The molecule has 1 heterocycles. The average molecular weight is 544 g/mol. The van der Waals surface area contributed by atoms with Crippen molar-refractivity contribution in [1.82, 2.24) is 20.8 Å². The summed E-state index contributed by atoms with van der Waals surface area (Å²) in [6.07, 6.45) is 0. The van der Waals surface area contributed by atoms with Gasteiger partial charge in [0.1, 0.15) is 5.69 Å². The first-order valence-corrected chi connectivity index (χ1v) is 13.1. The van der Waals surface area contributed by atoms with Gasteiger partial charge in [0.05, 0.1) is 30.9 Å². The Kier molecular flexibility index (Phi) is 9.97. The van der Waals surface area contributed by atoms with E-state index in [4.69, 9.17) is 9.47 Å². The standard InChI is InChI=1S/C29H29N5O4S/c1-30-28(35)24-8-3-4-9-27(24)39-22-11-12-23-25(33-34-26(23)19-22)13-10-20-6-5-7-21(18-20)32-29(36)31-14-15-38-17-16-37-2/h3-9,11-12,18-19H,14-17H2,1-2H3,(H,30,35)(H,33,34)(H2,31,32,36). The Hall–Kier alpha value is -4.30. The van der Waals surface area contributed by atoms with Crippen LogP contribution in [-0.2, 0) is 9.47 Å². The lowest BCUT2D eigenvalue weighted by Gasteiger charge is -2.08. The molecule has 0 aliphatic rings. The number of benzene rings is 3. The van der Waals surface area contributed by atoms with E-state index in [0.29, 0.717) is 43.3 Å². The third-order valence-electron chi connectivity index (χ3n) is 5.53. The Morgan fingerprint density at radius 2 is 1.87 bits per heavy atom. The number of aromatic amines is 1. The summed E-state index contributed by atoms with van der Waals surface area (Å²) in [5, 5.41) is 16.5. The van der Waals surface area contributed by atoms with Gasteiger partial charge in [-0.05, 0) is 54.5 Å². The molecular weight excluding hydrogens is 514 g/mol. The molecule has 4 rings (SSSR count). The highest BCUT2D eigenvalue weighted by atomic mass is 32.2. The molecule has 9 nitrogen and oxygen atoms in total. The monoisotopic (exact) mass is 543 g/mol. The molecule has 39 heavy (non-hydrogen) atoms. The predicted molar refractivity (Wildman–Crippen MR) is 152 cm³/mol. The number of rotatable bonds is 10. The van der Waals surface area contributed by atoms with E-state index in [2.05, 4.69) is 38.0 Å². The lowest BCUT2D eigenvalue weighted by molar-refractivity contribution is 0.0728. The summed E-state index contributed by atoms with van der Waals surface area (Å²) >= 11 is 1.51. The zero-order valence-electron chi connectivity index (χ0n) is 21.7. The van der Waals surface area contributed by atoms with E-state index < -0.39 is 0 Å². The number of carbonyl (C=O) groups is 2. The summed E-state index contributed by atoms with van der Waals surface area (Å²) in [5.74, 6) is 6.11. The minimum Gasteiger partial charge on any atom is -0.382 e. The zero-order chi connectivity index (χ0) is 27.5. The van der Waals surface area contributed by atoms with Crippen molar-refractivity contribution in [2.45, 2.75) is 9.79 Å². The number of nitrogens with one attached hydrogen (secondary N) is 4. The van der Waals surface area contributed by atoms with Gasteiger partial charge >= 0.3 is 6.03 Å². The van der Waals surface area contributed by atoms with E-state index in [-0.39, 0.29) is 11.9 Å². The number of aromatic nitrogens is 2. The molecule has 0 unspecified atom stereocenters. The molecule has 0 aliphatic heterocycles. The first-order valence-electron chi connectivity index (χ1n) is 12.3. The number of methoxy groups -OCH3 is 1. The topological polar surface area (TPSA) is 117 Å². The third-order valence-corrected chi connectivity index (χ3v) is 6.60. The van der Waals surface area contributed by atoms with Gasteiger partial charge in [0, 0.05) is 47.1 Å². The highest BCUT2D eigenvalue weighted by Gasteiger charge is 2.12. The molecule has 0 aliphatic carbocycles. The molecule has 0 radical (unpaired) electrons. The molecule has 1 aromatic heterocycles. The first-order chi connectivity index (χ1) is 19.1. The first kappa shape index (κ1) is 27.7. The molecule has 0 fully saturated rings. The zero-order valence-corrected chi connectivity index (χ0v) is 22.5. The van der Waals surface area contributed by atoms with Crippen LogP contribution in [0.1, 0.15) is 21.6 Å². The quantitative estimate of drug-likeness (QED) is 0.175. The Labute approximate surface area is 231 Å². The second kappa shape index (κ2) is 14.0. The molecule has 3 aromatic carbocycles. The van der Waals surface area contributed by atoms with Crippen molar-refractivity contribution in [3.63, 3.8) is 0 Å². The molecule has 4 aromatic rings. The van der Waals surface area contributed by atoms with Crippen LogP contribution in [0, 0.1) is 11.8 Å². The maximum absolute atomic E-state index is 12.2. The number of nitrogens with zero attached hydrogens (tertiary/aromatic N) is 1. The van der Waals surface area contributed by atoms with Crippen molar-refractivity contribution in [3.05, 3.63) is 83.6 Å². The number of anilines is 1. The number of amides is 3. The second-order valence-electron chi connectivity index (χ2n) is 8.27. The van der Waals surface area contributed by atoms with Crippen molar-refractivity contribution in [2.75, 3.05) is 45.8 Å². The van der Waals surface area contributed by atoms with Crippen LogP contribution in [0.2, 0.25) is 0 Å². The summed E-state index contributed by atoms with van der Waals surface area (Å²) in [4.78, 5) is 26.2. The van der Waals surface area contributed by atoms with Gasteiger partial charge in [-0.2, -0.15) is 5.10 Å². The van der Waals surface area contributed by atoms with Crippen molar-refractivity contribution >= 4 is 40.3 Å². The van der Waals surface area contributed by atoms with Crippen LogP contribution >= 0.6 is 11.8 Å². The number of hydrogen-bond donors (Lipinski definition) is 4. The molecular formula is C29H29N5O4S. The number of hydrogen-bond acceptors (Lipinski definition) is 6. The van der Waals surface area contributed by atoms with Gasteiger partial charge in [0.2, 0.25) is 0 Å². The second-order valence-corrected chi connectivity index (χ2v) is 9.39. The van der Waals surface area contributed by atoms with Crippen LogP contribution < -0.4 is 16.0 Å². The van der Waals surface area contributed by atoms with Gasteiger partial charge in [-0.3, -0.25) is 9.89 Å². The Morgan fingerprint density at radius 3 is 2.72 bits per heavy atom. The lowest BCUT2D eigenvalue weighted by Crippen LogP contribution is -2.31. The SMILES string of the molecule is CNC(=O)c1ccccc1Sc1ccc2c(C#Cc3cccc(NC(=O)NCCOCCOC)c3)n[nH]c2c1. The molecule has 200 valence electrons. The van der Waals surface area contributed by atoms with Crippen LogP contribution in [0.15, 0.2) is 76.5 Å². The highest BCUT2D eigenvalue weighted by molar-refractivity contribution is 7.99. The Morgan fingerprint density at radius 1 is 1.00 bits per heavy atom. The summed E-state index contributed by atoms with van der Waals surface area (Å²) in [6, 6.07) is 20.4. The number of ether oxygens (including phenoxy) is 2. The van der Waals surface area contributed by atoms with Crippen LogP contribution in [0.4, 0.5) is 10.5 Å². The molecule has 10 heteroatoms. The van der Waals surface area contributed by atoms with E-state index in [1.807, 2.05) is 48.5 Å². The van der Waals surface area contributed by atoms with Gasteiger partial charge in [-0.15, -0.1) is 0 Å². The number of urea groups is 1. The van der Waals surface area contributed by atoms with Gasteiger partial charge in [-0.25, -0.2) is 4.79 Å². The predicted octanol–water partition coefficient (Wildman–Crippen LogP) is 4.26. The van der Waals surface area contributed by atoms with Gasteiger partial charge < -0.3 is 25.4 Å². The van der Waals surface area contributed by atoms with E-state index in [1.54, 1.807) is 32.4 Å². The maximum Gasteiger partial charge on any atom is 0.319 e. The van der Waals surface area contributed by atoms with Gasteiger partial charge in [0.15, 0.2) is 0 Å². The highest BCUT2D eigenvalue weighted by Crippen LogP contribution is 2.32. The van der Waals surface area contributed by atoms with E-state index >= 15 is 0 Å². The summed E-state index contributed by atoms with van der Waals surface area (Å²) in [6.45, 7) is 1.80. The van der Waals surface area contributed by atoms with Crippen LogP contribution in [-0.4, -0.2) is 62.7 Å². The van der Waals surface area contributed by atoms with E-state index in [1.165, 1.54) is 11.8 Å². The molecule has 0 atom stereocenters. The van der Waals surface area contributed by atoms with Crippen LogP contribution in [0.3, 0.4) is 0 Å². The fourth-order valence-electron chi connectivity index (χ4n) is 3.62. The average Bonchev–Trinajstić information content (AvgIpc) is 3.36. The summed E-state index contributed by atoms with van der Waals surface area (Å²) in [7, 11) is 3.23. The van der Waals surface area contributed by atoms with Crippen molar-refractivity contribution < 1.29 is 19.1 Å². The number of fused-ring (bicyclic) bond motifs is 1. The smallest absolute Gasteiger partial charge is 0.319 e. The Bertz CT molecular complexity index is 1510. The molecule has 0 bridgehead atoms. The van der Waals surface area contributed by atoms with Crippen molar-refractivity contribution in [2.24, 2.45) is 0 Å². The third kappa shape index (κ3) is 7.85. The fourth-order valence-corrected chi connectivity index (χ4v) is 4.61. The molecule has 0 spiro atoms. The fraction of sp³-hybridized carbons (Fsp3) is 0.207. The molecule has 4 N–H and O–H groups in total. The Balaban J connectivity index is 1.40. The summed E-state index contributed by atoms with van der Waals surface area (Å²) in [5.41, 5.74) is 3.47.